The lowest BCUT2D eigenvalue weighted by molar-refractivity contribution is -0.158. The number of rotatable bonds is 9. The molecule has 0 spiro atoms. The molecule has 27 heavy (non-hydrogen) atoms. The molecule has 150 valence electrons. The minimum absolute atomic E-state index is 0.0877. The van der Waals surface area contributed by atoms with Gasteiger partial charge in [0, 0.05) is 0 Å². The standard InChI is InChI=1S/C22H32O5/c1-4-5-8-15-25-21(23)19-9-6-7-10-20(19)22(24)27-18-13-11-17(12-14-18)26-16(2)3/h11-14,16,19-20H,4-10,15H2,1-3H3. The largest absolute Gasteiger partial charge is 0.491 e. The third-order valence-electron chi connectivity index (χ3n) is 4.78. The summed E-state index contributed by atoms with van der Waals surface area (Å²) in [6.45, 7) is 6.45. The first-order valence-corrected chi connectivity index (χ1v) is 10.2. The fourth-order valence-corrected chi connectivity index (χ4v) is 3.38. The van der Waals surface area contributed by atoms with Gasteiger partial charge in [-0.05, 0) is 57.4 Å². The molecule has 0 saturated heterocycles. The Hall–Kier alpha value is -2.04. The smallest absolute Gasteiger partial charge is 0.315 e. The van der Waals surface area contributed by atoms with Gasteiger partial charge in [0.05, 0.1) is 24.5 Å². The molecule has 1 fully saturated rings. The molecule has 0 heterocycles. The first-order chi connectivity index (χ1) is 13.0. The molecule has 1 aliphatic carbocycles. The molecule has 0 bridgehead atoms. The van der Waals surface area contributed by atoms with Crippen LogP contribution >= 0.6 is 0 Å². The van der Waals surface area contributed by atoms with Gasteiger partial charge in [-0.25, -0.2) is 0 Å². The van der Waals surface area contributed by atoms with Gasteiger partial charge < -0.3 is 14.2 Å². The third-order valence-corrected chi connectivity index (χ3v) is 4.78. The van der Waals surface area contributed by atoms with Gasteiger partial charge >= 0.3 is 11.9 Å². The second-order valence-corrected chi connectivity index (χ2v) is 7.43. The molecular weight excluding hydrogens is 344 g/mol. The van der Waals surface area contributed by atoms with Crippen molar-refractivity contribution < 1.29 is 23.8 Å². The number of ether oxygens (including phenoxy) is 3. The van der Waals surface area contributed by atoms with E-state index in [1.165, 1.54) is 0 Å². The highest BCUT2D eigenvalue weighted by molar-refractivity contribution is 5.83. The van der Waals surface area contributed by atoms with Crippen LogP contribution in [-0.2, 0) is 14.3 Å². The van der Waals surface area contributed by atoms with E-state index in [0.29, 0.717) is 25.2 Å². The van der Waals surface area contributed by atoms with Crippen LogP contribution in [0.1, 0.15) is 65.7 Å². The van der Waals surface area contributed by atoms with Crippen LogP contribution in [0.2, 0.25) is 0 Å². The molecule has 1 aromatic carbocycles. The minimum Gasteiger partial charge on any atom is -0.491 e. The molecule has 0 aromatic heterocycles. The normalized spacial score (nSPS) is 19.6. The van der Waals surface area contributed by atoms with Crippen molar-refractivity contribution in [2.24, 2.45) is 11.8 Å². The average molecular weight is 376 g/mol. The molecular formula is C22H32O5. The van der Waals surface area contributed by atoms with Crippen molar-refractivity contribution in [2.45, 2.75) is 71.8 Å². The highest BCUT2D eigenvalue weighted by Crippen LogP contribution is 2.32. The van der Waals surface area contributed by atoms with Crippen molar-refractivity contribution in [1.29, 1.82) is 0 Å². The predicted octanol–water partition coefficient (Wildman–Crippen LogP) is 4.92. The van der Waals surface area contributed by atoms with E-state index in [0.717, 1.165) is 37.9 Å². The summed E-state index contributed by atoms with van der Waals surface area (Å²) in [5, 5.41) is 0. The second-order valence-electron chi connectivity index (χ2n) is 7.43. The number of unbranched alkanes of at least 4 members (excludes halogenated alkanes) is 2. The average Bonchev–Trinajstić information content (AvgIpc) is 2.66. The topological polar surface area (TPSA) is 61.8 Å². The summed E-state index contributed by atoms with van der Waals surface area (Å²) in [5.41, 5.74) is 0. The van der Waals surface area contributed by atoms with Gasteiger partial charge in [0.25, 0.3) is 0 Å². The fourth-order valence-electron chi connectivity index (χ4n) is 3.38. The molecule has 0 aliphatic heterocycles. The second kappa shape index (κ2) is 11.0. The molecule has 0 N–H and O–H groups in total. The van der Waals surface area contributed by atoms with Crippen LogP contribution in [0.15, 0.2) is 24.3 Å². The van der Waals surface area contributed by atoms with E-state index in [2.05, 4.69) is 6.92 Å². The van der Waals surface area contributed by atoms with Crippen LogP contribution in [0.5, 0.6) is 11.5 Å². The summed E-state index contributed by atoms with van der Waals surface area (Å²) in [5.74, 6) is -0.218. The number of hydrogen-bond donors (Lipinski definition) is 0. The molecule has 0 amide bonds. The molecule has 2 rings (SSSR count). The SMILES string of the molecule is CCCCCOC(=O)C1CCCCC1C(=O)Oc1ccc(OC(C)C)cc1. The van der Waals surface area contributed by atoms with E-state index in [1.807, 2.05) is 13.8 Å². The lowest BCUT2D eigenvalue weighted by Gasteiger charge is -2.28. The third kappa shape index (κ3) is 6.89. The zero-order valence-electron chi connectivity index (χ0n) is 16.7. The summed E-state index contributed by atoms with van der Waals surface area (Å²) >= 11 is 0. The van der Waals surface area contributed by atoms with Gasteiger partial charge in [0.1, 0.15) is 11.5 Å². The van der Waals surface area contributed by atoms with Crippen LogP contribution in [0.3, 0.4) is 0 Å². The molecule has 5 heteroatoms. The number of hydrogen-bond acceptors (Lipinski definition) is 5. The van der Waals surface area contributed by atoms with E-state index in [4.69, 9.17) is 14.2 Å². The van der Waals surface area contributed by atoms with Crippen molar-refractivity contribution in [3.05, 3.63) is 24.3 Å². The first-order valence-electron chi connectivity index (χ1n) is 10.2. The van der Waals surface area contributed by atoms with Gasteiger partial charge in [-0.15, -0.1) is 0 Å². The monoisotopic (exact) mass is 376 g/mol. The Bertz CT molecular complexity index is 593. The van der Waals surface area contributed by atoms with Gasteiger partial charge in [-0.1, -0.05) is 32.6 Å². The van der Waals surface area contributed by atoms with Gasteiger partial charge in [0.15, 0.2) is 0 Å². The molecule has 5 nitrogen and oxygen atoms in total. The summed E-state index contributed by atoms with van der Waals surface area (Å²) in [6.07, 6.45) is 6.31. The zero-order chi connectivity index (χ0) is 19.6. The Balaban J connectivity index is 1.92. The Morgan fingerprint density at radius 3 is 2.15 bits per heavy atom. The van der Waals surface area contributed by atoms with E-state index >= 15 is 0 Å². The zero-order valence-corrected chi connectivity index (χ0v) is 16.7. The van der Waals surface area contributed by atoms with E-state index in [9.17, 15) is 9.59 Å². The maximum Gasteiger partial charge on any atom is 0.315 e. The van der Waals surface area contributed by atoms with Crippen LogP contribution in [0.25, 0.3) is 0 Å². The van der Waals surface area contributed by atoms with Crippen LogP contribution in [-0.4, -0.2) is 24.6 Å². The molecule has 2 atom stereocenters. The van der Waals surface area contributed by atoms with Crippen molar-refractivity contribution in [3.8, 4) is 11.5 Å². The number of benzene rings is 1. The highest BCUT2D eigenvalue weighted by atomic mass is 16.5. The first kappa shape index (κ1) is 21.3. The van der Waals surface area contributed by atoms with Crippen LogP contribution < -0.4 is 9.47 Å². The molecule has 1 aliphatic rings. The van der Waals surface area contributed by atoms with Gasteiger partial charge in [-0.2, -0.15) is 0 Å². The Morgan fingerprint density at radius 1 is 0.963 bits per heavy atom. The Morgan fingerprint density at radius 2 is 1.56 bits per heavy atom. The summed E-state index contributed by atoms with van der Waals surface area (Å²) in [4.78, 5) is 25.1. The number of carbonyl (C=O) groups excluding carboxylic acids is 2. The van der Waals surface area contributed by atoms with Gasteiger partial charge in [0.2, 0.25) is 0 Å². The Labute approximate surface area is 162 Å². The van der Waals surface area contributed by atoms with Crippen molar-refractivity contribution in [2.75, 3.05) is 6.61 Å². The van der Waals surface area contributed by atoms with Crippen molar-refractivity contribution >= 4 is 11.9 Å². The number of carbonyl (C=O) groups is 2. The number of esters is 2. The summed E-state index contributed by atoms with van der Waals surface area (Å²) in [7, 11) is 0. The van der Waals surface area contributed by atoms with E-state index < -0.39 is 11.8 Å². The molecule has 1 saturated carbocycles. The fraction of sp³-hybridized carbons (Fsp3) is 0.636. The predicted molar refractivity (Wildman–Crippen MR) is 104 cm³/mol. The van der Waals surface area contributed by atoms with Crippen molar-refractivity contribution in [3.63, 3.8) is 0 Å². The minimum atomic E-state index is -0.427. The highest BCUT2D eigenvalue weighted by Gasteiger charge is 2.38. The molecule has 0 radical (unpaired) electrons. The lowest BCUT2D eigenvalue weighted by atomic mass is 9.79. The summed E-state index contributed by atoms with van der Waals surface area (Å²) < 4.78 is 16.5. The quantitative estimate of drug-likeness (QED) is 0.348. The molecule has 2 unspecified atom stereocenters. The maximum atomic E-state index is 12.7. The lowest BCUT2D eigenvalue weighted by Crippen LogP contribution is -2.36. The van der Waals surface area contributed by atoms with Crippen molar-refractivity contribution in [1.82, 2.24) is 0 Å². The van der Waals surface area contributed by atoms with Crippen LogP contribution in [0.4, 0.5) is 0 Å². The van der Waals surface area contributed by atoms with E-state index in [-0.39, 0.29) is 18.0 Å². The molecule has 1 aromatic rings. The van der Waals surface area contributed by atoms with E-state index in [1.54, 1.807) is 24.3 Å². The maximum absolute atomic E-state index is 12.7. The Kier molecular flexibility index (Phi) is 8.62. The summed E-state index contributed by atoms with van der Waals surface area (Å²) in [6, 6.07) is 7.00. The van der Waals surface area contributed by atoms with Crippen LogP contribution in [0, 0.1) is 11.8 Å². The van der Waals surface area contributed by atoms with Gasteiger partial charge in [-0.3, -0.25) is 9.59 Å².